The van der Waals surface area contributed by atoms with Gasteiger partial charge in [-0.2, -0.15) is 0 Å². The summed E-state index contributed by atoms with van der Waals surface area (Å²) in [5.74, 6) is 0.185. The molecule has 0 aliphatic carbocycles. The van der Waals surface area contributed by atoms with Crippen molar-refractivity contribution in [2.45, 2.75) is 19.9 Å². The predicted octanol–water partition coefficient (Wildman–Crippen LogP) is 1.72. The van der Waals surface area contributed by atoms with Gasteiger partial charge in [-0.1, -0.05) is 11.3 Å². The Labute approximate surface area is 75.8 Å². The summed E-state index contributed by atoms with van der Waals surface area (Å²) >= 11 is 0. The van der Waals surface area contributed by atoms with Gasteiger partial charge < -0.3 is 5.11 Å². The van der Waals surface area contributed by atoms with E-state index in [0.717, 1.165) is 5.52 Å². The molecule has 0 saturated heterocycles. The van der Waals surface area contributed by atoms with E-state index in [1.54, 1.807) is 16.8 Å². The summed E-state index contributed by atoms with van der Waals surface area (Å²) in [5.41, 5.74) is 1.44. The van der Waals surface area contributed by atoms with Gasteiger partial charge in [-0.25, -0.2) is 4.68 Å². The van der Waals surface area contributed by atoms with Crippen molar-refractivity contribution in [1.82, 2.24) is 15.0 Å². The highest BCUT2D eigenvalue weighted by Gasteiger charge is 2.09. The van der Waals surface area contributed by atoms with E-state index in [9.17, 15) is 5.11 Å². The normalized spacial score (nSPS) is 11.3. The molecule has 1 aromatic heterocycles. The molecule has 4 nitrogen and oxygen atoms in total. The fourth-order valence-corrected chi connectivity index (χ4v) is 1.33. The van der Waals surface area contributed by atoms with Crippen LogP contribution in [0.2, 0.25) is 0 Å². The molecule has 68 valence electrons. The lowest BCUT2D eigenvalue weighted by atomic mass is 10.3. The molecule has 0 bridgehead atoms. The van der Waals surface area contributed by atoms with Crippen LogP contribution in [0, 0.1) is 0 Å². The van der Waals surface area contributed by atoms with Crippen molar-refractivity contribution in [2.24, 2.45) is 0 Å². The predicted molar refractivity (Wildman–Crippen MR) is 49.6 cm³/mol. The quantitative estimate of drug-likeness (QED) is 0.721. The van der Waals surface area contributed by atoms with Gasteiger partial charge in [0.25, 0.3) is 0 Å². The molecule has 1 heterocycles. The first-order valence-electron chi connectivity index (χ1n) is 4.23. The van der Waals surface area contributed by atoms with E-state index in [4.69, 9.17) is 0 Å². The number of rotatable bonds is 1. The van der Waals surface area contributed by atoms with Crippen molar-refractivity contribution in [3.8, 4) is 5.75 Å². The Kier molecular flexibility index (Phi) is 1.69. The van der Waals surface area contributed by atoms with Crippen molar-refractivity contribution >= 4 is 11.0 Å². The lowest BCUT2D eigenvalue weighted by Crippen LogP contribution is -2.02. The fraction of sp³-hybridized carbons (Fsp3) is 0.333. The molecule has 0 amide bonds. The molecule has 0 aliphatic heterocycles. The maximum Gasteiger partial charge on any atom is 0.154 e. The van der Waals surface area contributed by atoms with Crippen molar-refractivity contribution in [2.75, 3.05) is 0 Å². The summed E-state index contributed by atoms with van der Waals surface area (Å²) in [6, 6.07) is 5.56. The molecular formula is C9H11N3O. The fourth-order valence-electron chi connectivity index (χ4n) is 1.33. The highest BCUT2D eigenvalue weighted by Crippen LogP contribution is 2.22. The molecule has 0 spiro atoms. The van der Waals surface area contributed by atoms with Crippen LogP contribution in [-0.2, 0) is 0 Å². The SMILES string of the molecule is CC(C)n1nnc2c(O)cccc21. The van der Waals surface area contributed by atoms with Crippen LogP contribution in [0.3, 0.4) is 0 Å². The molecule has 1 N–H and O–H groups in total. The van der Waals surface area contributed by atoms with Crippen molar-refractivity contribution in [3.63, 3.8) is 0 Å². The van der Waals surface area contributed by atoms with Crippen LogP contribution in [0.4, 0.5) is 0 Å². The van der Waals surface area contributed by atoms with Crippen LogP contribution < -0.4 is 0 Å². The Balaban J connectivity index is 2.75. The topological polar surface area (TPSA) is 50.9 Å². The Hall–Kier alpha value is -1.58. The first-order chi connectivity index (χ1) is 6.20. The first kappa shape index (κ1) is 8.04. The van der Waals surface area contributed by atoms with Crippen LogP contribution in [-0.4, -0.2) is 20.1 Å². The standard InChI is InChI=1S/C9H11N3O/c1-6(2)12-7-4-3-5-8(13)9(7)10-11-12/h3-6,13H,1-2H3. The highest BCUT2D eigenvalue weighted by molar-refractivity contribution is 5.80. The van der Waals surface area contributed by atoms with E-state index < -0.39 is 0 Å². The smallest absolute Gasteiger partial charge is 0.154 e. The number of aromatic nitrogens is 3. The van der Waals surface area contributed by atoms with Crippen LogP contribution in [0.1, 0.15) is 19.9 Å². The Morgan fingerprint density at radius 1 is 1.38 bits per heavy atom. The highest BCUT2D eigenvalue weighted by atomic mass is 16.3. The molecular weight excluding hydrogens is 166 g/mol. The van der Waals surface area contributed by atoms with E-state index in [1.807, 2.05) is 19.9 Å². The average molecular weight is 177 g/mol. The summed E-state index contributed by atoms with van der Waals surface area (Å²) < 4.78 is 1.79. The number of hydrogen-bond donors (Lipinski definition) is 1. The second kappa shape index (κ2) is 2.73. The molecule has 13 heavy (non-hydrogen) atoms. The Morgan fingerprint density at radius 3 is 2.85 bits per heavy atom. The molecule has 2 rings (SSSR count). The molecule has 2 aromatic rings. The Bertz CT molecular complexity index is 433. The molecule has 0 fully saturated rings. The molecule has 0 aliphatic rings. The van der Waals surface area contributed by atoms with Gasteiger partial charge in [0.2, 0.25) is 0 Å². The second-order valence-corrected chi connectivity index (χ2v) is 3.27. The summed E-state index contributed by atoms with van der Waals surface area (Å²) in [5, 5.41) is 17.3. The van der Waals surface area contributed by atoms with E-state index in [2.05, 4.69) is 10.3 Å². The number of hydrogen-bond acceptors (Lipinski definition) is 3. The number of aromatic hydroxyl groups is 1. The first-order valence-corrected chi connectivity index (χ1v) is 4.23. The minimum Gasteiger partial charge on any atom is -0.506 e. The van der Waals surface area contributed by atoms with Gasteiger partial charge in [0.05, 0.1) is 5.52 Å². The van der Waals surface area contributed by atoms with Crippen LogP contribution in [0.15, 0.2) is 18.2 Å². The molecule has 1 aromatic carbocycles. The third-order valence-electron chi connectivity index (χ3n) is 1.97. The van der Waals surface area contributed by atoms with Gasteiger partial charge in [-0.05, 0) is 26.0 Å². The largest absolute Gasteiger partial charge is 0.506 e. The van der Waals surface area contributed by atoms with Crippen LogP contribution in [0.5, 0.6) is 5.75 Å². The summed E-state index contributed by atoms with van der Waals surface area (Å²) in [6.45, 7) is 4.05. The lowest BCUT2D eigenvalue weighted by molar-refractivity contribution is 0.480. The zero-order chi connectivity index (χ0) is 9.42. The van der Waals surface area contributed by atoms with Crippen LogP contribution >= 0.6 is 0 Å². The van der Waals surface area contributed by atoms with Crippen molar-refractivity contribution in [3.05, 3.63) is 18.2 Å². The van der Waals surface area contributed by atoms with Gasteiger partial charge in [0.1, 0.15) is 5.75 Å². The maximum absolute atomic E-state index is 9.45. The monoisotopic (exact) mass is 177 g/mol. The minimum absolute atomic E-state index is 0.185. The zero-order valence-corrected chi connectivity index (χ0v) is 7.60. The van der Waals surface area contributed by atoms with Gasteiger partial charge in [-0.15, -0.1) is 5.10 Å². The summed E-state index contributed by atoms with van der Waals surface area (Å²) in [7, 11) is 0. The maximum atomic E-state index is 9.45. The molecule has 0 unspecified atom stereocenters. The number of benzene rings is 1. The zero-order valence-electron chi connectivity index (χ0n) is 7.60. The number of nitrogens with zero attached hydrogens (tertiary/aromatic N) is 3. The van der Waals surface area contributed by atoms with Crippen molar-refractivity contribution < 1.29 is 5.11 Å². The van der Waals surface area contributed by atoms with Crippen molar-refractivity contribution in [1.29, 1.82) is 0 Å². The second-order valence-electron chi connectivity index (χ2n) is 3.27. The summed E-state index contributed by atoms with van der Waals surface area (Å²) in [4.78, 5) is 0. The van der Waals surface area contributed by atoms with E-state index in [1.165, 1.54) is 0 Å². The number of fused-ring (bicyclic) bond motifs is 1. The van der Waals surface area contributed by atoms with E-state index >= 15 is 0 Å². The molecule has 0 radical (unpaired) electrons. The van der Waals surface area contributed by atoms with Gasteiger partial charge in [0.15, 0.2) is 5.52 Å². The lowest BCUT2D eigenvalue weighted by Gasteiger charge is -2.04. The summed E-state index contributed by atoms with van der Waals surface area (Å²) in [6.07, 6.45) is 0. The number of phenols is 1. The Morgan fingerprint density at radius 2 is 2.15 bits per heavy atom. The molecule has 0 saturated carbocycles. The average Bonchev–Trinajstić information content (AvgIpc) is 2.48. The van der Waals surface area contributed by atoms with E-state index in [-0.39, 0.29) is 11.8 Å². The van der Waals surface area contributed by atoms with Gasteiger partial charge in [-0.3, -0.25) is 0 Å². The van der Waals surface area contributed by atoms with Crippen LogP contribution in [0.25, 0.3) is 11.0 Å². The number of phenolic OH excluding ortho intramolecular Hbond substituents is 1. The van der Waals surface area contributed by atoms with E-state index in [0.29, 0.717) is 5.52 Å². The third kappa shape index (κ3) is 1.14. The van der Waals surface area contributed by atoms with Gasteiger partial charge in [0, 0.05) is 6.04 Å². The minimum atomic E-state index is 0.185. The molecule has 0 atom stereocenters. The van der Waals surface area contributed by atoms with Gasteiger partial charge >= 0.3 is 0 Å². The third-order valence-corrected chi connectivity index (χ3v) is 1.97. The molecule has 4 heteroatoms.